The highest BCUT2D eigenvalue weighted by Crippen LogP contribution is 2.69. The number of carbonyl (C=O) groups is 3. The molecule has 0 aliphatic carbocycles. The van der Waals surface area contributed by atoms with Crippen molar-refractivity contribution in [2.75, 3.05) is 18.5 Å². The zero-order valence-corrected chi connectivity index (χ0v) is 22.5. The number of benzene rings is 2. The Bertz CT molecular complexity index is 1180. The normalized spacial score (nSPS) is 30.8. The number of fused-ring (bicyclic) bond motifs is 1. The van der Waals surface area contributed by atoms with Crippen molar-refractivity contribution in [3.8, 4) is 0 Å². The number of likely N-dealkylation sites (tertiary alicyclic amines) is 1. The SMILES string of the molecule is CCCNC(=O)[C@@H]1[C@@H]2CC(C)C3(S2)C(C(=O)Nc2ccc(Cl)cc2)N([C@H](CO)c2ccccc2)C(=O)[C@H]13. The minimum atomic E-state index is -0.855. The topological polar surface area (TPSA) is 98.7 Å². The summed E-state index contributed by atoms with van der Waals surface area (Å²) in [5.41, 5.74) is 1.32. The van der Waals surface area contributed by atoms with Crippen LogP contribution in [0.15, 0.2) is 54.6 Å². The van der Waals surface area contributed by atoms with Crippen molar-refractivity contribution < 1.29 is 19.5 Å². The van der Waals surface area contributed by atoms with Crippen LogP contribution in [0.25, 0.3) is 0 Å². The quantitative estimate of drug-likeness (QED) is 0.471. The molecule has 3 fully saturated rings. The molecule has 3 aliphatic rings. The lowest BCUT2D eigenvalue weighted by Crippen LogP contribution is -2.55. The molecule has 0 radical (unpaired) electrons. The van der Waals surface area contributed by atoms with Crippen LogP contribution in [0.4, 0.5) is 5.69 Å². The van der Waals surface area contributed by atoms with E-state index < -0.39 is 28.7 Å². The number of hydrogen-bond acceptors (Lipinski definition) is 5. The van der Waals surface area contributed by atoms with Crippen LogP contribution in [0, 0.1) is 17.8 Å². The number of carbonyl (C=O) groups excluding carboxylic acids is 3. The van der Waals surface area contributed by atoms with Gasteiger partial charge in [-0.3, -0.25) is 14.4 Å². The molecule has 3 heterocycles. The van der Waals surface area contributed by atoms with E-state index in [2.05, 4.69) is 17.6 Å². The van der Waals surface area contributed by atoms with Gasteiger partial charge in [0.05, 0.1) is 29.2 Å². The summed E-state index contributed by atoms with van der Waals surface area (Å²) >= 11 is 7.66. The van der Waals surface area contributed by atoms with Crippen molar-refractivity contribution in [2.24, 2.45) is 17.8 Å². The van der Waals surface area contributed by atoms with Gasteiger partial charge in [-0.2, -0.15) is 0 Å². The van der Waals surface area contributed by atoms with E-state index in [1.54, 1.807) is 40.9 Å². The fourth-order valence-electron chi connectivity index (χ4n) is 6.53. The molecule has 3 amide bonds. The maximum absolute atomic E-state index is 14.3. The van der Waals surface area contributed by atoms with Gasteiger partial charge in [0.15, 0.2) is 0 Å². The maximum Gasteiger partial charge on any atom is 0.248 e. The minimum Gasteiger partial charge on any atom is -0.394 e. The van der Waals surface area contributed by atoms with E-state index in [9.17, 15) is 19.5 Å². The van der Waals surface area contributed by atoms with Crippen molar-refractivity contribution in [1.29, 1.82) is 0 Å². The van der Waals surface area contributed by atoms with Gasteiger partial charge in [0.1, 0.15) is 6.04 Å². The van der Waals surface area contributed by atoms with Gasteiger partial charge in [-0.1, -0.05) is 55.8 Å². The first-order valence-electron chi connectivity index (χ1n) is 12.8. The van der Waals surface area contributed by atoms with Crippen molar-refractivity contribution in [1.82, 2.24) is 10.2 Å². The van der Waals surface area contributed by atoms with Gasteiger partial charge < -0.3 is 20.6 Å². The van der Waals surface area contributed by atoms with Gasteiger partial charge >= 0.3 is 0 Å². The van der Waals surface area contributed by atoms with Crippen LogP contribution >= 0.6 is 23.4 Å². The number of anilines is 1. The Hall–Kier alpha value is -2.55. The van der Waals surface area contributed by atoms with E-state index in [0.29, 0.717) is 17.3 Å². The van der Waals surface area contributed by atoms with Gasteiger partial charge in [0, 0.05) is 22.5 Å². The van der Waals surface area contributed by atoms with Crippen LogP contribution < -0.4 is 10.6 Å². The Kier molecular flexibility index (Phi) is 7.27. The maximum atomic E-state index is 14.3. The molecule has 3 saturated heterocycles. The number of aliphatic hydroxyl groups excluding tert-OH is 1. The zero-order valence-electron chi connectivity index (χ0n) is 20.9. The average molecular weight is 542 g/mol. The molecule has 5 rings (SSSR count). The number of aliphatic hydroxyl groups is 1. The molecule has 7 atom stereocenters. The molecular weight excluding hydrogens is 510 g/mol. The number of thioether (sulfide) groups is 1. The monoisotopic (exact) mass is 541 g/mol. The second kappa shape index (κ2) is 10.3. The summed E-state index contributed by atoms with van der Waals surface area (Å²) in [6.07, 6.45) is 1.56. The summed E-state index contributed by atoms with van der Waals surface area (Å²) in [7, 11) is 0. The van der Waals surface area contributed by atoms with Crippen LogP contribution in [0.5, 0.6) is 0 Å². The summed E-state index contributed by atoms with van der Waals surface area (Å²) in [6, 6.07) is 14.6. The second-order valence-electron chi connectivity index (χ2n) is 10.2. The molecule has 196 valence electrons. The van der Waals surface area contributed by atoms with Gasteiger partial charge in [0.25, 0.3) is 0 Å². The molecule has 9 heteroatoms. The predicted octanol–water partition coefficient (Wildman–Crippen LogP) is 3.88. The van der Waals surface area contributed by atoms with Crippen molar-refractivity contribution in [3.63, 3.8) is 0 Å². The van der Waals surface area contributed by atoms with E-state index in [4.69, 9.17) is 11.6 Å². The van der Waals surface area contributed by atoms with Crippen LogP contribution in [0.1, 0.15) is 38.3 Å². The molecule has 0 saturated carbocycles. The fraction of sp³-hybridized carbons (Fsp3) is 0.464. The van der Waals surface area contributed by atoms with E-state index >= 15 is 0 Å². The number of rotatable bonds is 8. The first-order chi connectivity index (χ1) is 17.8. The molecule has 3 aliphatic heterocycles. The molecule has 0 aromatic heterocycles. The van der Waals surface area contributed by atoms with Crippen LogP contribution in [0.2, 0.25) is 5.02 Å². The molecule has 7 nitrogen and oxygen atoms in total. The highest BCUT2D eigenvalue weighted by atomic mass is 35.5. The van der Waals surface area contributed by atoms with Crippen LogP contribution in [0.3, 0.4) is 0 Å². The molecular formula is C28H32ClN3O4S. The number of nitrogens with one attached hydrogen (secondary N) is 2. The molecule has 2 aromatic carbocycles. The highest BCUT2D eigenvalue weighted by molar-refractivity contribution is 8.02. The largest absolute Gasteiger partial charge is 0.394 e. The van der Waals surface area contributed by atoms with Crippen molar-refractivity contribution in [3.05, 3.63) is 65.2 Å². The summed E-state index contributed by atoms with van der Waals surface area (Å²) in [5, 5.41) is 17.1. The number of hydrogen-bond donors (Lipinski definition) is 3. The summed E-state index contributed by atoms with van der Waals surface area (Å²) in [5.74, 6) is -1.79. The van der Waals surface area contributed by atoms with Crippen LogP contribution in [-0.4, -0.2) is 56.9 Å². The van der Waals surface area contributed by atoms with Gasteiger partial charge in [0.2, 0.25) is 17.7 Å². The first-order valence-corrected chi connectivity index (χ1v) is 14.1. The Balaban J connectivity index is 1.59. The number of halogens is 1. The van der Waals surface area contributed by atoms with E-state index in [-0.39, 0.29) is 35.5 Å². The lowest BCUT2D eigenvalue weighted by molar-refractivity contribution is -0.142. The summed E-state index contributed by atoms with van der Waals surface area (Å²) in [4.78, 5) is 43.3. The van der Waals surface area contributed by atoms with Gasteiger partial charge in [-0.25, -0.2) is 0 Å². The summed E-state index contributed by atoms with van der Waals surface area (Å²) in [6.45, 7) is 4.28. The van der Waals surface area contributed by atoms with Crippen LogP contribution in [-0.2, 0) is 14.4 Å². The number of amides is 3. The minimum absolute atomic E-state index is 0.0295. The van der Waals surface area contributed by atoms with E-state index in [0.717, 1.165) is 18.4 Å². The predicted molar refractivity (Wildman–Crippen MR) is 145 cm³/mol. The highest BCUT2D eigenvalue weighted by Gasteiger charge is 2.76. The zero-order chi connectivity index (χ0) is 26.3. The lowest BCUT2D eigenvalue weighted by atomic mass is 9.66. The second-order valence-corrected chi connectivity index (χ2v) is 12.2. The molecule has 1 spiro atoms. The van der Waals surface area contributed by atoms with Crippen molar-refractivity contribution in [2.45, 2.75) is 48.8 Å². The van der Waals surface area contributed by atoms with Gasteiger partial charge in [-0.05, 0) is 48.6 Å². The van der Waals surface area contributed by atoms with E-state index in [1.165, 1.54) is 0 Å². The first kappa shape index (κ1) is 26.1. The Labute approximate surface area is 226 Å². The average Bonchev–Trinajstić information content (AvgIpc) is 3.49. The van der Waals surface area contributed by atoms with E-state index in [1.807, 2.05) is 37.3 Å². The Morgan fingerprint density at radius 3 is 2.51 bits per heavy atom. The third-order valence-electron chi connectivity index (χ3n) is 8.09. The fourth-order valence-corrected chi connectivity index (χ4v) is 9.07. The summed E-state index contributed by atoms with van der Waals surface area (Å²) < 4.78 is -0.769. The lowest BCUT2D eigenvalue weighted by Gasteiger charge is -2.40. The Morgan fingerprint density at radius 1 is 1.16 bits per heavy atom. The molecule has 3 N–H and O–H groups in total. The third kappa shape index (κ3) is 4.23. The smallest absolute Gasteiger partial charge is 0.248 e. The molecule has 37 heavy (non-hydrogen) atoms. The Morgan fingerprint density at radius 2 is 1.86 bits per heavy atom. The van der Waals surface area contributed by atoms with Crippen molar-refractivity contribution >= 4 is 46.8 Å². The van der Waals surface area contributed by atoms with Gasteiger partial charge in [-0.15, -0.1) is 11.8 Å². The molecule has 2 aromatic rings. The third-order valence-corrected chi connectivity index (χ3v) is 10.4. The standard InChI is InChI=1S/C28H32ClN3O4S/c1-3-13-30-25(34)22-21-14-16(2)28(37-21)23(22)27(36)32(20(15-33)17-7-5-4-6-8-17)24(28)26(35)31-19-11-9-18(29)10-12-19/h4-12,16,20-24,33H,3,13-15H2,1-2H3,(H,30,34)(H,31,35)/t16?,20-,21+,22-,23+,24?,28?/m1/s1. The molecule has 3 unspecified atom stereocenters. The number of nitrogens with zero attached hydrogens (tertiary/aromatic N) is 1. The molecule has 2 bridgehead atoms.